The summed E-state index contributed by atoms with van der Waals surface area (Å²) in [5.74, 6) is -1.60. The van der Waals surface area contributed by atoms with Crippen LogP contribution >= 0.6 is 35.4 Å². The van der Waals surface area contributed by atoms with E-state index in [4.69, 9.17) is 40.2 Å². The average molecular weight is 542 g/mol. The lowest BCUT2D eigenvalue weighted by Gasteiger charge is -2.29. The summed E-state index contributed by atoms with van der Waals surface area (Å²) in [6.45, 7) is 5.79. The number of aryl methyl sites for hydroxylation is 1. The topological polar surface area (TPSA) is 80.6 Å². The van der Waals surface area contributed by atoms with Crippen molar-refractivity contribution in [3.05, 3.63) is 86.7 Å². The van der Waals surface area contributed by atoms with E-state index < -0.39 is 17.8 Å². The highest BCUT2D eigenvalue weighted by atomic mass is 35.5. The Bertz CT molecular complexity index is 1460. The number of rotatable bonds is 5. The SMILES string of the molecule is CCOC(=O)c1cccc(-n2c(C)cc(/C=C3\C(=O)NC(=S)N(c4ccc(Cl)c(Cl)c4)C3=O)c2C)c1. The molecule has 0 unspecified atom stereocenters. The van der Waals surface area contributed by atoms with Gasteiger partial charge in [0.25, 0.3) is 11.8 Å². The van der Waals surface area contributed by atoms with Crippen LogP contribution in [-0.2, 0) is 14.3 Å². The lowest BCUT2D eigenvalue weighted by molar-refractivity contribution is -0.122. The van der Waals surface area contributed by atoms with E-state index in [0.717, 1.165) is 17.1 Å². The summed E-state index contributed by atoms with van der Waals surface area (Å²) in [5, 5.41) is 3.09. The number of anilines is 1. The summed E-state index contributed by atoms with van der Waals surface area (Å²) in [4.78, 5) is 39.5. The van der Waals surface area contributed by atoms with Gasteiger partial charge in [0.2, 0.25) is 0 Å². The first-order valence-electron chi connectivity index (χ1n) is 11.0. The third-order valence-electron chi connectivity index (χ3n) is 5.65. The minimum Gasteiger partial charge on any atom is -0.462 e. The smallest absolute Gasteiger partial charge is 0.338 e. The first-order valence-corrected chi connectivity index (χ1v) is 12.1. The van der Waals surface area contributed by atoms with Gasteiger partial charge in [-0.15, -0.1) is 0 Å². The summed E-state index contributed by atoms with van der Waals surface area (Å²) in [6.07, 6.45) is 1.53. The first kappa shape index (κ1) is 25.6. The molecule has 4 rings (SSSR count). The highest BCUT2D eigenvalue weighted by molar-refractivity contribution is 7.80. The summed E-state index contributed by atoms with van der Waals surface area (Å²) in [6, 6.07) is 13.6. The van der Waals surface area contributed by atoms with E-state index in [9.17, 15) is 14.4 Å². The summed E-state index contributed by atoms with van der Waals surface area (Å²) < 4.78 is 7.04. The molecule has 36 heavy (non-hydrogen) atoms. The van der Waals surface area contributed by atoms with Crippen molar-refractivity contribution in [1.82, 2.24) is 9.88 Å². The Hall–Kier alpha value is -3.46. The van der Waals surface area contributed by atoms with E-state index in [2.05, 4.69) is 5.32 Å². The van der Waals surface area contributed by atoms with Gasteiger partial charge in [0.15, 0.2) is 5.11 Å². The molecule has 0 spiro atoms. The zero-order chi connectivity index (χ0) is 26.1. The molecule has 1 N–H and O–H groups in total. The van der Waals surface area contributed by atoms with Crippen molar-refractivity contribution in [3.63, 3.8) is 0 Å². The predicted molar refractivity (Wildman–Crippen MR) is 144 cm³/mol. The van der Waals surface area contributed by atoms with E-state index in [1.54, 1.807) is 37.3 Å². The number of hydrogen-bond acceptors (Lipinski definition) is 5. The van der Waals surface area contributed by atoms with Crippen molar-refractivity contribution in [2.75, 3.05) is 11.5 Å². The Kier molecular flexibility index (Phi) is 7.31. The van der Waals surface area contributed by atoms with E-state index in [-0.39, 0.29) is 22.3 Å². The number of aromatic nitrogens is 1. The Balaban J connectivity index is 1.74. The molecule has 0 radical (unpaired) electrons. The van der Waals surface area contributed by atoms with Crippen LogP contribution in [0.1, 0.15) is 34.2 Å². The average Bonchev–Trinajstić information content (AvgIpc) is 3.11. The number of nitrogens with zero attached hydrogens (tertiary/aromatic N) is 2. The van der Waals surface area contributed by atoms with Crippen LogP contribution in [-0.4, -0.2) is 34.1 Å². The zero-order valence-electron chi connectivity index (χ0n) is 19.6. The summed E-state index contributed by atoms with van der Waals surface area (Å²) in [7, 11) is 0. The van der Waals surface area contributed by atoms with Crippen molar-refractivity contribution in [3.8, 4) is 5.69 Å². The zero-order valence-corrected chi connectivity index (χ0v) is 21.9. The van der Waals surface area contributed by atoms with Crippen LogP contribution in [0.15, 0.2) is 54.1 Å². The Morgan fingerprint density at radius 3 is 2.50 bits per heavy atom. The number of carbonyl (C=O) groups is 3. The predicted octanol–water partition coefficient (Wildman–Crippen LogP) is 5.41. The van der Waals surface area contributed by atoms with Crippen LogP contribution in [0, 0.1) is 13.8 Å². The van der Waals surface area contributed by atoms with Crippen LogP contribution in [0.3, 0.4) is 0 Å². The molecule has 1 aliphatic heterocycles. The van der Waals surface area contributed by atoms with Gasteiger partial charge in [0.1, 0.15) is 5.57 Å². The van der Waals surface area contributed by atoms with Crippen molar-refractivity contribution in [2.24, 2.45) is 0 Å². The van der Waals surface area contributed by atoms with Gasteiger partial charge < -0.3 is 9.30 Å². The van der Waals surface area contributed by atoms with Crippen molar-refractivity contribution >= 4 is 70.1 Å². The second-order valence-electron chi connectivity index (χ2n) is 7.99. The third kappa shape index (κ3) is 4.80. The second-order valence-corrected chi connectivity index (χ2v) is 9.19. The number of carbonyl (C=O) groups excluding carboxylic acids is 3. The largest absolute Gasteiger partial charge is 0.462 e. The molecule has 2 heterocycles. The molecule has 7 nitrogen and oxygen atoms in total. The molecule has 10 heteroatoms. The molecule has 1 aromatic heterocycles. The molecule has 0 atom stereocenters. The van der Waals surface area contributed by atoms with Crippen LogP contribution in [0.2, 0.25) is 10.0 Å². The van der Waals surface area contributed by atoms with Gasteiger partial charge in [-0.25, -0.2) is 4.79 Å². The van der Waals surface area contributed by atoms with E-state index in [0.29, 0.717) is 21.8 Å². The quantitative estimate of drug-likeness (QED) is 0.202. The maximum absolute atomic E-state index is 13.4. The van der Waals surface area contributed by atoms with Gasteiger partial charge >= 0.3 is 5.97 Å². The van der Waals surface area contributed by atoms with Crippen molar-refractivity contribution < 1.29 is 19.1 Å². The number of thiocarbonyl (C=S) groups is 1. The highest BCUT2D eigenvalue weighted by Crippen LogP contribution is 2.30. The minimum atomic E-state index is -0.601. The lowest BCUT2D eigenvalue weighted by atomic mass is 10.1. The maximum atomic E-state index is 13.4. The molecule has 1 saturated heterocycles. The number of esters is 1. The highest BCUT2D eigenvalue weighted by Gasteiger charge is 2.35. The molecule has 0 bridgehead atoms. The molecule has 0 aliphatic carbocycles. The fourth-order valence-corrected chi connectivity index (χ4v) is 4.56. The van der Waals surface area contributed by atoms with Gasteiger partial charge in [-0.2, -0.15) is 0 Å². The fraction of sp³-hybridized carbons (Fsp3) is 0.154. The van der Waals surface area contributed by atoms with E-state index in [1.165, 1.54) is 17.0 Å². The van der Waals surface area contributed by atoms with E-state index >= 15 is 0 Å². The molecule has 0 saturated carbocycles. The number of halogens is 2. The number of ether oxygens (including phenoxy) is 1. The lowest BCUT2D eigenvalue weighted by Crippen LogP contribution is -2.54. The fourth-order valence-electron chi connectivity index (χ4n) is 3.99. The maximum Gasteiger partial charge on any atom is 0.338 e. The van der Waals surface area contributed by atoms with Crippen molar-refractivity contribution in [1.29, 1.82) is 0 Å². The number of hydrogen-bond donors (Lipinski definition) is 1. The Labute approximate surface area is 223 Å². The molecule has 1 aliphatic rings. The van der Waals surface area contributed by atoms with Gasteiger partial charge in [-0.05, 0) is 87.1 Å². The number of benzene rings is 2. The third-order valence-corrected chi connectivity index (χ3v) is 6.67. The summed E-state index contributed by atoms with van der Waals surface area (Å²) in [5.41, 5.74) is 3.75. The normalized spacial score (nSPS) is 14.9. The van der Waals surface area contributed by atoms with E-state index in [1.807, 2.05) is 30.5 Å². The molecule has 3 aromatic rings. The first-order chi connectivity index (χ1) is 17.1. The minimum absolute atomic E-state index is 0.0539. The van der Waals surface area contributed by atoms with Crippen LogP contribution < -0.4 is 10.2 Å². The molecular formula is C26H21Cl2N3O4S. The van der Waals surface area contributed by atoms with Gasteiger partial charge in [-0.1, -0.05) is 29.3 Å². The molecule has 2 aromatic carbocycles. The second kappa shape index (κ2) is 10.3. The number of nitrogens with one attached hydrogen (secondary N) is 1. The molecule has 184 valence electrons. The molecule has 1 fully saturated rings. The van der Waals surface area contributed by atoms with Crippen LogP contribution in [0.4, 0.5) is 5.69 Å². The summed E-state index contributed by atoms with van der Waals surface area (Å²) >= 11 is 17.4. The Morgan fingerprint density at radius 2 is 1.81 bits per heavy atom. The molecular weight excluding hydrogens is 521 g/mol. The Morgan fingerprint density at radius 1 is 1.06 bits per heavy atom. The van der Waals surface area contributed by atoms with Gasteiger partial charge in [-0.3, -0.25) is 19.8 Å². The van der Waals surface area contributed by atoms with Gasteiger partial charge in [0.05, 0.1) is 27.9 Å². The molecule has 2 amide bonds. The number of amides is 2. The van der Waals surface area contributed by atoms with Gasteiger partial charge in [0, 0.05) is 17.1 Å². The standard InChI is InChI=1S/C26H21Cl2N3O4S/c1-4-35-25(34)16-6-5-7-18(11-16)30-14(2)10-17(15(30)3)12-20-23(32)29-26(36)31(24(20)33)19-8-9-21(27)22(28)13-19/h5-13H,4H2,1-3H3,(H,29,32,36)/b20-12+. The monoisotopic (exact) mass is 541 g/mol. The van der Waals surface area contributed by atoms with Crippen LogP contribution in [0.25, 0.3) is 11.8 Å². The van der Waals surface area contributed by atoms with Crippen molar-refractivity contribution in [2.45, 2.75) is 20.8 Å². The van der Waals surface area contributed by atoms with Crippen LogP contribution in [0.5, 0.6) is 0 Å².